The number of ether oxygens (including phenoxy) is 1. The van der Waals surface area contributed by atoms with Crippen LogP contribution in [0.4, 0.5) is 0 Å². The van der Waals surface area contributed by atoms with Crippen molar-refractivity contribution in [2.24, 2.45) is 0 Å². The Morgan fingerprint density at radius 3 is 2.76 bits per heavy atom. The molecule has 110 valence electrons. The number of nitrogens with zero attached hydrogens (tertiary/aromatic N) is 2. The highest BCUT2D eigenvalue weighted by molar-refractivity contribution is 7.11. The number of hydrogen-bond donors (Lipinski definition) is 0. The Balaban J connectivity index is 1.66. The fourth-order valence-electron chi connectivity index (χ4n) is 2.70. The molecule has 1 aromatic carbocycles. The molecule has 21 heavy (non-hydrogen) atoms. The number of carbonyl (C=O) groups excluding carboxylic acids is 1. The quantitative estimate of drug-likeness (QED) is 0.875. The summed E-state index contributed by atoms with van der Waals surface area (Å²) in [5.41, 5.74) is 3.00. The number of likely N-dealkylation sites (tertiary alicyclic amines) is 1. The molecule has 2 heterocycles. The van der Waals surface area contributed by atoms with Crippen molar-refractivity contribution in [1.82, 2.24) is 9.88 Å². The third kappa shape index (κ3) is 3.24. The molecule has 1 aliphatic rings. The molecule has 1 saturated heterocycles. The summed E-state index contributed by atoms with van der Waals surface area (Å²) in [6.07, 6.45) is 2.63. The van der Waals surface area contributed by atoms with Gasteiger partial charge in [0.15, 0.2) is 0 Å². The second-order valence-electron chi connectivity index (χ2n) is 5.45. The van der Waals surface area contributed by atoms with E-state index in [1.54, 1.807) is 6.20 Å². The number of aryl methyl sites for hydroxylation is 2. The van der Waals surface area contributed by atoms with Crippen molar-refractivity contribution in [3.05, 3.63) is 46.5 Å². The fraction of sp³-hybridized carbons (Fsp3) is 0.375. The van der Waals surface area contributed by atoms with Gasteiger partial charge in [0.1, 0.15) is 6.10 Å². The van der Waals surface area contributed by atoms with Crippen molar-refractivity contribution in [2.45, 2.75) is 26.4 Å². The molecule has 0 N–H and O–H groups in total. The van der Waals surface area contributed by atoms with E-state index in [1.807, 2.05) is 36.3 Å². The smallest absolute Gasteiger partial charge is 0.273 e. The zero-order chi connectivity index (χ0) is 14.8. The largest absolute Gasteiger partial charge is 0.465 e. The fourth-order valence-corrected chi connectivity index (χ4v) is 3.25. The molecule has 0 aliphatic carbocycles. The minimum Gasteiger partial charge on any atom is -0.465 e. The number of aromatic nitrogens is 1. The first-order valence-corrected chi connectivity index (χ1v) is 7.93. The first kappa shape index (κ1) is 14.1. The molecule has 1 atom stereocenters. The van der Waals surface area contributed by atoms with E-state index in [9.17, 15) is 4.79 Å². The van der Waals surface area contributed by atoms with Crippen LogP contribution in [0.1, 0.15) is 27.9 Å². The van der Waals surface area contributed by atoms with Crippen molar-refractivity contribution < 1.29 is 9.53 Å². The molecule has 2 aromatic rings. The van der Waals surface area contributed by atoms with Crippen molar-refractivity contribution in [1.29, 1.82) is 0 Å². The Bertz CT molecular complexity index is 619. The van der Waals surface area contributed by atoms with E-state index in [-0.39, 0.29) is 12.0 Å². The van der Waals surface area contributed by atoms with Crippen LogP contribution in [0.25, 0.3) is 0 Å². The predicted octanol–water partition coefficient (Wildman–Crippen LogP) is 3.05. The van der Waals surface area contributed by atoms with Gasteiger partial charge in [0.25, 0.3) is 11.1 Å². The molecular weight excluding hydrogens is 284 g/mol. The van der Waals surface area contributed by atoms with Crippen LogP contribution in [0, 0.1) is 13.8 Å². The third-order valence-electron chi connectivity index (χ3n) is 3.58. The van der Waals surface area contributed by atoms with E-state index >= 15 is 0 Å². The summed E-state index contributed by atoms with van der Waals surface area (Å²) < 4.78 is 5.79. The lowest BCUT2D eigenvalue weighted by molar-refractivity contribution is 0.0772. The van der Waals surface area contributed by atoms with Crippen molar-refractivity contribution >= 4 is 17.2 Å². The maximum atomic E-state index is 12.6. The average Bonchev–Trinajstić information content (AvgIpc) is 3.09. The van der Waals surface area contributed by atoms with E-state index in [2.05, 4.69) is 11.1 Å². The Morgan fingerprint density at radius 2 is 2.10 bits per heavy atom. The van der Waals surface area contributed by atoms with Crippen LogP contribution in [0.15, 0.2) is 29.8 Å². The summed E-state index contributed by atoms with van der Waals surface area (Å²) in [5.74, 6) is 0.0899. The molecule has 4 nitrogen and oxygen atoms in total. The maximum Gasteiger partial charge on any atom is 0.273 e. The lowest BCUT2D eigenvalue weighted by atomic mass is 10.1. The van der Waals surface area contributed by atoms with Crippen LogP contribution >= 0.6 is 11.3 Å². The van der Waals surface area contributed by atoms with Crippen molar-refractivity contribution in [2.75, 3.05) is 13.1 Å². The minimum absolute atomic E-state index is 0.0472. The molecular formula is C16H18N2O2S. The number of carbonyl (C=O) groups is 1. The number of thiazole rings is 1. The Morgan fingerprint density at radius 1 is 1.33 bits per heavy atom. The minimum atomic E-state index is 0.0472. The van der Waals surface area contributed by atoms with Gasteiger partial charge in [-0.15, -0.1) is 0 Å². The van der Waals surface area contributed by atoms with Gasteiger partial charge in [0, 0.05) is 30.1 Å². The zero-order valence-electron chi connectivity index (χ0n) is 12.2. The normalized spacial score (nSPS) is 18.0. The summed E-state index contributed by atoms with van der Waals surface area (Å²) in [6, 6.07) is 5.98. The topological polar surface area (TPSA) is 42.4 Å². The maximum absolute atomic E-state index is 12.6. The molecule has 5 heteroatoms. The average molecular weight is 302 g/mol. The lowest BCUT2D eigenvalue weighted by Gasteiger charge is -2.17. The molecule has 1 fully saturated rings. The Labute approximate surface area is 128 Å². The summed E-state index contributed by atoms with van der Waals surface area (Å²) in [7, 11) is 0. The molecule has 0 spiro atoms. The van der Waals surface area contributed by atoms with Gasteiger partial charge in [-0.25, -0.2) is 4.98 Å². The molecule has 1 unspecified atom stereocenters. The highest BCUT2D eigenvalue weighted by Gasteiger charge is 2.28. The van der Waals surface area contributed by atoms with Crippen LogP contribution in [0.3, 0.4) is 0 Å². The van der Waals surface area contributed by atoms with Gasteiger partial charge < -0.3 is 9.64 Å². The van der Waals surface area contributed by atoms with Crippen molar-refractivity contribution in [3.63, 3.8) is 0 Å². The van der Waals surface area contributed by atoms with E-state index in [4.69, 9.17) is 4.74 Å². The Kier molecular flexibility index (Phi) is 3.92. The number of rotatable bonds is 3. The standard InChI is InChI=1S/C16H18N2O2S/c1-11-7-12(2)9-13(8-11)15(19)18-5-3-14(10-18)20-16-17-4-6-21-16/h4,6-9,14H,3,5,10H2,1-2H3. The van der Waals surface area contributed by atoms with E-state index < -0.39 is 0 Å². The second kappa shape index (κ2) is 5.85. The van der Waals surface area contributed by atoms with E-state index in [0.717, 1.165) is 29.7 Å². The van der Waals surface area contributed by atoms with Crippen LogP contribution in [0.2, 0.25) is 0 Å². The van der Waals surface area contributed by atoms with Gasteiger partial charge in [-0.05, 0) is 26.0 Å². The van der Waals surface area contributed by atoms with Gasteiger partial charge in [-0.3, -0.25) is 4.79 Å². The summed E-state index contributed by atoms with van der Waals surface area (Å²) in [6.45, 7) is 5.40. The first-order valence-electron chi connectivity index (χ1n) is 7.05. The summed E-state index contributed by atoms with van der Waals surface area (Å²) in [4.78, 5) is 18.5. The molecule has 0 bridgehead atoms. The molecule has 0 radical (unpaired) electrons. The SMILES string of the molecule is Cc1cc(C)cc(C(=O)N2CCC(Oc3nccs3)C2)c1. The molecule has 1 aromatic heterocycles. The van der Waals surface area contributed by atoms with Crippen LogP contribution in [-0.4, -0.2) is 35.0 Å². The van der Waals surface area contributed by atoms with Crippen molar-refractivity contribution in [3.8, 4) is 5.19 Å². The third-order valence-corrected chi connectivity index (χ3v) is 4.24. The van der Waals surface area contributed by atoms with E-state index in [1.165, 1.54) is 11.3 Å². The van der Waals surface area contributed by atoms with E-state index in [0.29, 0.717) is 11.7 Å². The van der Waals surface area contributed by atoms with Gasteiger partial charge in [-0.1, -0.05) is 28.5 Å². The zero-order valence-corrected chi connectivity index (χ0v) is 13.0. The number of amides is 1. The first-order chi connectivity index (χ1) is 10.1. The Hall–Kier alpha value is -1.88. The highest BCUT2D eigenvalue weighted by atomic mass is 32.1. The second-order valence-corrected chi connectivity index (χ2v) is 6.31. The van der Waals surface area contributed by atoms with Gasteiger partial charge in [-0.2, -0.15) is 0 Å². The predicted molar refractivity (Wildman–Crippen MR) is 83.0 cm³/mol. The molecule has 3 rings (SSSR count). The number of benzene rings is 1. The highest BCUT2D eigenvalue weighted by Crippen LogP contribution is 2.22. The molecule has 1 amide bonds. The van der Waals surface area contributed by atoms with Gasteiger partial charge in [0.2, 0.25) is 0 Å². The molecule has 0 saturated carbocycles. The van der Waals surface area contributed by atoms with Crippen LogP contribution in [0.5, 0.6) is 5.19 Å². The lowest BCUT2D eigenvalue weighted by Crippen LogP contribution is -2.31. The van der Waals surface area contributed by atoms with Gasteiger partial charge in [0.05, 0.1) is 6.54 Å². The van der Waals surface area contributed by atoms with Gasteiger partial charge >= 0.3 is 0 Å². The molecule has 1 aliphatic heterocycles. The monoisotopic (exact) mass is 302 g/mol. The number of hydrogen-bond acceptors (Lipinski definition) is 4. The summed E-state index contributed by atoms with van der Waals surface area (Å²) in [5, 5.41) is 2.57. The van der Waals surface area contributed by atoms with Crippen LogP contribution < -0.4 is 4.74 Å². The van der Waals surface area contributed by atoms with Crippen LogP contribution in [-0.2, 0) is 0 Å². The summed E-state index contributed by atoms with van der Waals surface area (Å²) >= 11 is 1.48.